The van der Waals surface area contributed by atoms with Crippen molar-refractivity contribution in [2.45, 2.75) is 51.7 Å². The minimum absolute atomic E-state index is 0.211. The largest absolute Gasteiger partial charge is 0.388 e. The van der Waals surface area contributed by atoms with Crippen molar-refractivity contribution in [1.82, 2.24) is 4.90 Å². The lowest BCUT2D eigenvalue weighted by Crippen LogP contribution is -2.49. The number of hydrogen-bond acceptors (Lipinski definition) is 2. The van der Waals surface area contributed by atoms with E-state index in [9.17, 15) is 14.3 Å². The number of likely N-dealkylation sites (tertiary alicyclic amines) is 1. The molecule has 1 atom stereocenters. The second kappa shape index (κ2) is 6.02. The fourth-order valence-electron chi connectivity index (χ4n) is 2.85. The number of aryl methyl sites for hydroxylation is 1. The minimum atomic E-state index is -0.939. The molecule has 0 spiro atoms. The Hall–Kier alpha value is -1.62. The Bertz CT molecular complexity index is 525. The number of aliphatic hydroxyl groups is 1. The lowest BCUT2D eigenvalue weighted by Gasteiger charge is -2.33. The number of carbonyl (C=O) groups excluding carboxylic acids is 1. The summed E-state index contributed by atoms with van der Waals surface area (Å²) in [4.78, 5) is 13.9. The first-order valence-electron chi connectivity index (χ1n) is 7.41. The highest BCUT2D eigenvalue weighted by molar-refractivity contribution is 5.89. The number of benzene rings is 1. The topological polar surface area (TPSA) is 52.6 Å². The molecular weight excluding hydrogens is 271 g/mol. The van der Waals surface area contributed by atoms with Crippen molar-refractivity contribution in [2.24, 2.45) is 0 Å². The van der Waals surface area contributed by atoms with Gasteiger partial charge in [-0.15, -0.1) is 0 Å². The SMILES string of the molecule is CCc1ccc(NC(=O)N2CCCC2C(C)(C)O)cc1F. The molecule has 1 fully saturated rings. The van der Waals surface area contributed by atoms with Crippen LogP contribution in [0.15, 0.2) is 18.2 Å². The smallest absolute Gasteiger partial charge is 0.322 e. The molecule has 0 radical (unpaired) electrons. The van der Waals surface area contributed by atoms with Gasteiger partial charge in [0.15, 0.2) is 0 Å². The van der Waals surface area contributed by atoms with E-state index in [-0.39, 0.29) is 17.9 Å². The maximum absolute atomic E-state index is 13.7. The van der Waals surface area contributed by atoms with Crippen LogP contribution in [-0.2, 0) is 6.42 Å². The molecule has 2 N–H and O–H groups in total. The van der Waals surface area contributed by atoms with Gasteiger partial charge in [0.1, 0.15) is 5.82 Å². The van der Waals surface area contributed by atoms with Crippen LogP contribution in [0.1, 0.15) is 39.2 Å². The van der Waals surface area contributed by atoms with Crippen LogP contribution in [0.25, 0.3) is 0 Å². The quantitative estimate of drug-likeness (QED) is 0.899. The first-order chi connectivity index (χ1) is 9.82. The van der Waals surface area contributed by atoms with Crippen LogP contribution in [0, 0.1) is 5.82 Å². The van der Waals surface area contributed by atoms with E-state index in [2.05, 4.69) is 5.32 Å². The minimum Gasteiger partial charge on any atom is -0.388 e. The van der Waals surface area contributed by atoms with E-state index in [1.807, 2.05) is 6.92 Å². The van der Waals surface area contributed by atoms with Gasteiger partial charge < -0.3 is 15.3 Å². The summed E-state index contributed by atoms with van der Waals surface area (Å²) >= 11 is 0. The van der Waals surface area contributed by atoms with Crippen LogP contribution in [0.4, 0.5) is 14.9 Å². The molecule has 1 aliphatic heterocycles. The number of hydrogen-bond donors (Lipinski definition) is 2. The predicted octanol–water partition coefficient (Wildman–Crippen LogP) is 3.16. The molecule has 0 bridgehead atoms. The molecular formula is C16H23FN2O2. The average Bonchev–Trinajstić information content (AvgIpc) is 2.88. The van der Waals surface area contributed by atoms with Crippen LogP contribution in [0.5, 0.6) is 0 Å². The van der Waals surface area contributed by atoms with E-state index in [0.29, 0.717) is 24.2 Å². The Kier molecular flexibility index (Phi) is 4.52. The maximum atomic E-state index is 13.7. The van der Waals surface area contributed by atoms with Gasteiger partial charge >= 0.3 is 6.03 Å². The Morgan fingerprint density at radius 3 is 2.81 bits per heavy atom. The molecule has 21 heavy (non-hydrogen) atoms. The van der Waals surface area contributed by atoms with Gasteiger partial charge in [0.05, 0.1) is 11.6 Å². The van der Waals surface area contributed by atoms with Gasteiger partial charge in [0.2, 0.25) is 0 Å². The van der Waals surface area contributed by atoms with Crippen LogP contribution >= 0.6 is 0 Å². The molecule has 1 unspecified atom stereocenters. The molecule has 1 aromatic rings. The Morgan fingerprint density at radius 1 is 1.52 bits per heavy atom. The third-order valence-corrected chi connectivity index (χ3v) is 4.01. The van der Waals surface area contributed by atoms with E-state index < -0.39 is 5.60 Å². The monoisotopic (exact) mass is 294 g/mol. The zero-order valence-electron chi connectivity index (χ0n) is 12.8. The second-order valence-electron chi connectivity index (χ2n) is 6.09. The van der Waals surface area contributed by atoms with Gasteiger partial charge in [-0.05, 0) is 50.8 Å². The highest BCUT2D eigenvalue weighted by Crippen LogP contribution is 2.27. The third kappa shape index (κ3) is 3.53. The Morgan fingerprint density at radius 2 is 2.24 bits per heavy atom. The molecule has 2 amide bonds. The molecule has 1 aliphatic rings. The fourth-order valence-corrected chi connectivity index (χ4v) is 2.85. The van der Waals surface area contributed by atoms with Crippen molar-refractivity contribution in [1.29, 1.82) is 0 Å². The zero-order chi connectivity index (χ0) is 15.6. The summed E-state index contributed by atoms with van der Waals surface area (Å²) in [6.45, 7) is 5.91. The summed E-state index contributed by atoms with van der Waals surface area (Å²) in [5.74, 6) is -0.309. The highest BCUT2D eigenvalue weighted by atomic mass is 19.1. The lowest BCUT2D eigenvalue weighted by molar-refractivity contribution is 0.0117. The number of nitrogens with one attached hydrogen (secondary N) is 1. The van der Waals surface area contributed by atoms with Crippen LogP contribution in [0.3, 0.4) is 0 Å². The van der Waals surface area contributed by atoms with Crippen LogP contribution in [0.2, 0.25) is 0 Å². The number of carbonyl (C=O) groups is 1. The van der Waals surface area contributed by atoms with Crippen molar-refractivity contribution >= 4 is 11.7 Å². The van der Waals surface area contributed by atoms with Gasteiger partial charge in [0, 0.05) is 12.2 Å². The first kappa shape index (κ1) is 15.8. The molecule has 4 nitrogen and oxygen atoms in total. The van der Waals surface area contributed by atoms with Gasteiger partial charge in [0.25, 0.3) is 0 Å². The third-order valence-electron chi connectivity index (χ3n) is 4.01. The average molecular weight is 294 g/mol. The summed E-state index contributed by atoms with van der Waals surface area (Å²) in [5.41, 5.74) is 0.130. The molecule has 116 valence electrons. The Balaban J connectivity index is 2.09. The number of amides is 2. The molecule has 1 aromatic carbocycles. The summed E-state index contributed by atoms with van der Waals surface area (Å²) in [5, 5.41) is 12.8. The predicted molar refractivity (Wildman–Crippen MR) is 80.8 cm³/mol. The standard InChI is InChI=1S/C16H23FN2O2/c1-4-11-7-8-12(10-13(11)17)18-15(20)19-9-5-6-14(19)16(2,3)21/h7-8,10,14,21H,4-6,9H2,1-3H3,(H,18,20). The fraction of sp³-hybridized carbons (Fsp3) is 0.562. The second-order valence-corrected chi connectivity index (χ2v) is 6.09. The summed E-state index contributed by atoms with van der Waals surface area (Å²) < 4.78 is 13.7. The number of anilines is 1. The van der Waals surface area contributed by atoms with E-state index in [1.54, 1.807) is 30.9 Å². The van der Waals surface area contributed by atoms with Gasteiger partial charge in [-0.2, -0.15) is 0 Å². The number of nitrogens with zero attached hydrogens (tertiary/aromatic N) is 1. The van der Waals surface area contributed by atoms with Crippen molar-refractivity contribution in [3.05, 3.63) is 29.6 Å². The molecule has 1 saturated heterocycles. The lowest BCUT2D eigenvalue weighted by atomic mass is 9.97. The van der Waals surface area contributed by atoms with Gasteiger partial charge in [-0.3, -0.25) is 0 Å². The van der Waals surface area contributed by atoms with Crippen molar-refractivity contribution in [2.75, 3.05) is 11.9 Å². The number of urea groups is 1. The molecule has 5 heteroatoms. The summed E-state index contributed by atoms with van der Waals surface area (Å²) in [6, 6.07) is 4.23. The highest BCUT2D eigenvalue weighted by Gasteiger charge is 2.38. The van der Waals surface area contributed by atoms with Crippen molar-refractivity contribution in [3.8, 4) is 0 Å². The Labute approximate surface area is 125 Å². The van der Waals surface area contributed by atoms with Crippen molar-refractivity contribution < 1.29 is 14.3 Å². The molecule has 0 saturated carbocycles. The molecule has 0 aliphatic carbocycles. The van der Waals surface area contributed by atoms with E-state index in [0.717, 1.165) is 12.8 Å². The normalized spacial score (nSPS) is 18.9. The summed E-state index contributed by atoms with van der Waals surface area (Å²) in [6.07, 6.45) is 2.26. The van der Waals surface area contributed by atoms with E-state index in [4.69, 9.17) is 0 Å². The molecule has 0 aromatic heterocycles. The molecule has 1 heterocycles. The van der Waals surface area contributed by atoms with Crippen LogP contribution < -0.4 is 5.32 Å². The van der Waals surface area contributed by atoms with E-state index >= 15 is 0 Å². The van der Waals surface area contributed by atoms with Gasteiger partial charge in [-0.1, -0.05) is 13.0 Å². The maximum Gasteiger partial charge on any atom is 0.322 e. The first-order valence-corrected chi connectivity index (χ1v) is 7.41. The van der Waals surface area contributed by atoms with Crippen LogP contribution in [-0.4, -0.2) is 34.2 Å². The number of halogens is 1. The van der Waals surface area contributed by atoms with Gasteiger partial charge in [-0.25, -0.2) is 9.18 Å². The zero-order valence-corrected chi connectivity index (χ0v) is 12.8. The molecule has 2 rings (SSSR count). The number of rotatable bonds is 3. The summed E-state index contributed by atoms with van der Waals surface area (Å²) in [7, 11) is 0. The van der Waals surface area contributed by atoms with E-state index in [1.165, 1.54) is 6.07 Å². The van der Waals surface area contributed by atoms with Crippen molar-refractivity contribution in [3.63, 3.8) is 0 Å².